The van der Waals surface area contributed by atoms with Crippen molar-refractivity contribution in [2.45, 2.75) is 13.0 Å². The fraction of sp³-hybridized carbons (Fsp3) is 0.150. The van der Waals surface area contributed by atoms with Gasteiger partial charge < -0.3 is 24.8 Å². The summed E-state index contributed by atoms with van der Waals surface area (Å²) >= 11 is 0. The first-order valence-electron chi connectivity index (χ1n) is 8.64. The van der Waals surface area contributed by atoms with Crippen LogP contribution in [0.25, 0.3) is 0 Å². The molecule has 0 radical (unpaired) electrons. The van der Waals surface area contributed by atoms with Crippen LogP contribution in [0.3, 0.4) is 0 Å². The number of carbonyl (C=O) groups is 3. The van der Waals surface area contributed by atoms with Gasteiger partial charge in [0.2, 0.25) is 5.91 Å². The minimum Gasteiger partial charge on any atom is -0.459 e. The molecule has 0 atom stereocenters. The molecule has 8 nitrogen and oxygen atoms in total. The van der Waals surface area contributed by atoms with Crippen LogP contribution in [0.4, 0.5) is 5.69 Å². The van der Waals surface area contributed by atoms with Crippen LogP contribution in [-0.4, -0.2) is 24.3 Å². The molecule has 0 bridgehead atoms. The van der Waals surface area contributed by atoms with E-state index in [1.165, 1.54) is 12.5 Å². The Bertz CT molecular complexity index is 915. The maximum Gasteiger partial charge on any atom is 0.291 e. The molecule has 8 heteroatoms. The molecule has 0 unspecified atom stereocenters. The monoisotopic (exact) mass is 381 g/mol. The first kappa shape index (κ1) is 19.0. The molecule has 1 aromatic carbocycles. The smallest absolute Gasteiger partial charge is 0.291 e. The van der Waals surface area contributed by atoms with E-state index in [9.17, 15) is 14.4 Å². The lowest BCUT2D eigenvalue weighted by atomic mass is 10.2. The number of rotatable bonds is 8. The third kappa shape index (κ3) is 5.34. The summed E-state index contributed by atoms with van der Waals surface area (Å²) in [5.74, 6) is -0.433. The molecule has 3 aromatic rings. The third-order valence-electron chi connectivity index (χ3n) is 3.83. The van der Waals surface area contributed by atoms with Crippen LogP contribution in [0.5, 0.6) is 0 Å². The van der Waals surface area contributed by atoms with Crippen molar-refractivity contribution in [1.29, 1.82) is 0 Å². The van der Waals surface area contributed by atoms with E-state index in [0.29, 0.717) is 12.2 Å². The van der Waals surface area contributed by atoms with Crippen LogP contribution in [0.1, 0.15) is 33.1 Å². The number of amides is 3. The number of hydrogen-bond acceptors (Lipinski definition) is 5. The van der Waals surface area contributed by atoms with Crippen molar-refractivity contribution in [3.63, 3.8) is 0 Å². The van der Waals surface area contributed by atoms with Gasteiger partial charge in [-0.2, -0.15) is 0 Å². The van der Waals surface area contributed by atoms with Crippen molar-refractivity contribution in [3.05, 3.63) is 78.1 Å². The van der Waals surface area contributed by atoms with Gasteiger partial charge in [-0.05, 0) is 42.0 Å². The van der Waals surface area contributed by atoms with Gasteiger partial charge in [0.05, 0.1) is 12.5 Å². The molecule has 2 aromatic heterocycles. The second-order valence-electron chi connectivity index (χ2n) is 5.89. The molecule has 28 heavy (non-hydrogen) atoms. The minimum atomic E-state index is -0.356. The average molecular weight is 381 g/mol. The van der Waals surface area contributed by atoms with E-state index in [-0.39, 0.29) is 42.2 Å². The molecule has 3 amide bonds. The van der Waals surface area contributed by atoms with Gasteiger partial charge in [0.25, 0.3) is 11.8 Å². The maximum absolute atomic E-state index is 11.9. The van der Waals surface area contributed by atoms with Crippen LogP contribution in [0.2, 0.25) is 0 Å². The van der Waals surface area contributed by atoms with Gasteiger partial charge in [0.1, 0.15) is 0 Å². The van der Waals surface area contributed by atoms with E-state index in [4.69, 9.17) is 8.83 Å². The highest BCUT2D eigenvalue weighted by Gasteiger charge is 2.10. The first-order valence-corrected chi connectivity index (χ1v) is 8.64. The van der Waals surface area contributed by atoms with Crippen molar-refractivity contribution in [2.75, 3.05) is 11.9 Å². The Morgan fingerprint density at radius 1 is 0.786 bits per heavy atom. The van der Waals surface area contributed by atoms with E-state index in [1.54, 1.807) is 48.5 Å². The average Bonchev–Trinajstić information content (AvgIpc) is 3.41. The number of furan rings is 2. The summed E-state index contributed by atoms with van der Waals surface area (Å²) in [6.45, 7) is 0.556. The Hall–Kier alpha value is -3.81. The highest BCUT2D eigenvalue weighted by atomic mass is 16.3. The molecule has 144 valence electrons. The first-order chi connectivity index (χ1) is 13.6. The Morgan fingerprint density at radius 2 is 1.43 bits per heavy atom. The second kappa shape index (κ2) is 9.22. The van der Waals surface area contributed by atoms with Gasteiger partial charge >= 0.3 is 0 Å². The SMILES string of the molecule is O=C(CCNC(=O)c1ccco1)NCc1ccc(NC(=O)c2ccco2)cc1. The van der Waals surface area contributed by atoms with Gasteiger partial charge in [-0.25, -0.2) is 0 Å². The lowest BCUT2D eigenvalue weighted by molar-refractivity contribution is -0.121. The fourth-order valence-electron chi connectivity index (χ4n) is 2.38. The third-order valence-corrected chi connectivity index (χ3v) is 3.83. The van der Waals surface area contributed by atoms with Gasteiger partial charge in [-0.3, -0.25) is 14.4 Å². The number of carbonyl (C=O) groups excluding carboxylic acids is 3. The van der Waals surface area contributed by atoms with Crippen molar-refractivity contribution in [3.8, 4) is 0 Å². The maximum atomic E-state index is 11.9. The molecule has 0 spiro atoms. The van der Waals surface area contributed by atoms with Crippen LogP contribution in [-0.2, 0) is 11.3 Å². The van der Waals surface area contributed by atoms with Crippen molar-refractivity contribution in [2.24, 2.45) is 0 Å². The summed E-state index contributed by atoms with van der Waals surface area (Å²) in [6, 6.07) is 13.5. The van der Waals surface area contributed by atoms with E-state index in [2.05, 4.69) is 16.0 Å². The summed E-state index contributed by atoms with van der Waals surface area (Å²) < 4.78 is 10.0. The van der Waals surface area contributed by atoms with Crippen LogP contribution >= 0.6 is 0 Å². The lowest BCUT2D eigenvalue weighted by Crippen LogP contribution is -2.30. The summed E-state index contributed by atoms with van der Waals surface area (Å²) in [5.41, 5.74) is 1.50. The second-order valence-corrected chi connectivity index (χ2v) is 5.89. The van der Waals surface area contributed by atoms with Gasteiger partial charge in [-0.15, -0.1) is 0 Å². The molecule has 3 rings (SSSR count). The Balaban J connectivity index is 1.37. The molecule has 0 saturated carbocycles. The molecular weight excluding hydrogens is 362 g/mol. The van der Waals surface area contributed by atoms with E-state index >= 15 is 0 Å². The molecule has 0 aliphatic rings. The molecule has 3 N–H and O–H groups in total. The Labute approximate surface area is 160 Å². The quantitative estimate of drug-likeness (QED) is 0.555. The topological polar surface area (TPSA) is 114 Å². The zero-order valence-electron chi connectivity index (χ0n) is 14.9. The molecule has 0 saturated heterocycles. The number of benzene rings is 1. The van der Waals surface area contributed by atoms with E-state index in [1.807, 2.05) is 0 Å². The van der Waals surface area contributed by atoms with Gasteiger partial charge in [-0.1, -0.05) is 12.1 Å². The predicted octanol–water partition coefficient (Wildman–Crippen LogP) is 2.56. The molecular formula is C20H19N3O5. The van der Waals surface area contributed by atoms with Crippen molar-refractivity contribution < 1.29 is 23.2 Å². The zero-order valence-corrected chi connectivity index (χ0v) is 14.9. The minimum absolute atomic E-state index is 0.156. The number of hydrogen-bond donors (Lipinski definition) is 3. The summed E-state index contributed by atoms with van der Waals surface area (Å²) in [4.78, 5) is 35.5. The molecule has 0 aliphatic carbocycles. The Morgan fingerprint density at radius 3 is 2.04 bits per heavy atom. The fourth-order valence-corrected chi connectivity index (χ4v) is 2.38. The lowest BCUT2D eigenvalue weighted by Gasteiger charge is -2.08. The molecule has 2 heterocycles. The predicted molar refractivity (Wildman–Crippen MR) is 101 cm³/mol. The molecule has 0 aliphatic heterocycles. The van der Waals surface area contributed by atoms with E-state index < -0.39 is 0 Å². The number of nitrogens with one attached hydrogen (secondary N) is 3. The summed E-state index contributed by atoms with van der Waals surface area (Å²) in [7, 11) is 0. The van der Waals surface area contributed by atoms with Crippen LogP contribution < -0.4 is 16.0 Å². The summed E-state index contributed by atoms with van der Waals surface area (Å²) in [5, 5.41) is 8.10. The number of anilines is 1. The van der Waals surface area contributed by atoms with Crippen molar-refractivity contribution in [1.82, 2.24) is 10.6 Å². The zero-order chi connectivity index (χ0) is 19.8. The van der Waals surface area contributed by atoms with Gasteiger partial charge in [0.15, 0.2) is 11.5 Å². The van der Waals surface area contributed by atoms with Crippen LogP contribution in [0.15, 0.2) is 69.9 Å². The molecule has 0 fully saturated rings. The summed E-state index contributed by atoms with van der Waals surface area (Å²) in [6.07, 6.45) is 3.00. The highest BCUT2D eigenvalue weighted by molar-refractivity contribution is 6.02. The standard InChI is InChI=1S/C20H19N3O5/c24-18(9-10-21-19(25)16-3-1-11-27-16)22-13-14-5-7-15(8-6-14)23-20(26)17-4-2-12-28-17/h1-8,11-12H,9-10,13H2,(H,21,25)(H,22,24)(H,23,26). The van der Waals surface area contributed by atoms with Gasteiger partial charge in [0, 0.05) is 25.2 Å². The van der Waals surface area contributed by atoms with Crippen molar-refractivity contribution >= 4 is 23.4 Å². The highest BCUT2D eigenvalue weighted by Crippen LogP contribution is 2.11. The normalized spacial score (nSPS) is 10.3. The van der Waals surface area contributed by atoms with Crippen LogP contribution in [0, 0.1) is 0 Å². The Kier molecular flexibility index (Phi) is 6.25. The van der Waals surface area contributed by atoms with E-state index in [0.717, 1.165) is 5.56 Å². The largest absolute Gasteiger partial charge is 0.459 e.